The number of aromatic nitrogens is 3. The Morgan fingerprint density at radius 3 is 1.07 bits per heavy atom. The molecule has 0 aliphatic rings. The lowest BCUT2D eigenvalue weighted by molar-refractivity contribution is 1.14. The second-order valence-corrected chi connectivity index (χ2v) is 14.0. The quantitative estimate of drug-likeness (QED) is 0.184. The Morgan fingerprint density at radius 1 is 0.291 bits per heavy atom. The number of rotatable bonds is 4. The van der Waals surface area contributed by atoms with E-state index in [1.54, 1.807) is 0 Å². The molecule has 3 heterocycles. The summed E-state index contributed by atoms with van der Waals surface area (Å²) in [6.45, 7) is 0. The van der Waals surface area contributed by atoms with Crippen molar-refractivity contribution in [2.45, 2.75) is 0 Å². The zero-order chi connectivity index (χ0) is 36.6. The van der Waals surface area contributed by atoms with Gasteiger partial charge in [0, 0.05) is 49.4 Å². The largest absolute Gasteiger partial charge is 0.309 e. The highest BCUT2D eigenvalue weighted by molar-refractivity contribution is 6.13. The molecule has 5 nitrogen and oxygen atoms in total. The molecule has 3 aromatic heterocycles. The van der Waals surface area contributed by atoms with Gasteiger partial charge in [-0.15, -0.1) is 0 Å². The number of para-hydroxylation sites is 3. The molecule has 0 N–H and O–H groups in total. The van der Waals surface area contributed by atoms with Crippen LogP contribution in [0.4, 0.5) is 0 Å². The maximum atomic E-state index is 9.64. The van der Waals surface area contributed by atoms with Gasteiger partial charge in [0.2, 0.25) is 0 Å². The molecule has 0 aliphatic heterocycles. The minimum Gasteiger partial charge on any atom is -0.309 e. The van der Waals surface area contributed by atoms with E-state index in [0.717, 1.165) is 49.9 Å². The predicted molar refractivity (Wildman–Crippen MR) is 224 cm³/mol. The fourth-order valence-corrected chi connectivity index (χ4v) is 8.63. The second kappa shape index (κ2) is 11.8. The highest BCUT2D eigenvalue weighted by Gasteiger charge is 2.18. The van der Waals surface area contributed by atoms with Crippen molar-refractivity contribution in [2.24, 2.45) is 0 Å². The van der Waals surface area contributed by atoms with Crippen LogP contribution in [0.5, 0.6) is 0 Å². The topological polar surface area (TPSA) is 62.4 Å². The fraction of sp³-hybridized carbons (Fsp3) is 0. The maximum Gasteiger partial charge on any atom is 0.0991 e. The first-order valence-electron chi connectivity index (χ1n) is 18.3. The van der Waals surface area contributed by atoms with Crippen LogP contribution in [0.2, 0.25) is 0 Å². The molecule has 8 aromatic carbocycles. The monoisotopic (exact) mass is 699 g/mol. The van der Waals surface area contributed by atoms with E-state index >= 15 is 0 Å². The SMILES string of the molecule is N#Cc1ccc2c(c1)c1cc(C#N)ccc1n2-c1ccc(-n2c3ccccc3c3cc(-c4ccc5c(c4)c4ccccc4n5-c4ccccc4)ccc32)cc1. The van der Waals surface area contributed by atoms with Gasteiger partial charge in [0.15, 0.2) is 0 Å². The van der Waals surface area contributed by atoms with Crippen molar-refractivity contribution < 1.29 is 0 Å². The molecular formula is C50H29N5. The molecule has 0 bridgehead atoms. The number of fused-ring (bicyclic) bond motifs is 9. The van der Waals surface area contributed by atoms with Crippen molar-refractivity contribution in [3.05, 3.63) is 187 Å². The molecule has 0 fully saturated rings. The van der Waals surface area contributed by atoms with E-state index in [1.165, 1.54) is 43.7 Å². The van der Waals surface area contributed by atoms with E-state index in [0.29, 0.717) is 11.1 Å². The molecule has 0 spiro atoms. The smallest absolute Gasteiger partial charge is 0.0991 e. The highest BCUT2D eigenvalue weighted by atomic mass is 15.0. The number of benzene rings is 8. The minimum atomic E-state index is 0.593. The summed E-state index contributed by atoms with van der Waals surface area (Å²) in [5, 5.41) is 26.1. The number of nitriles is 2. The standard InChI is InChI=1S/C50H29N5/c51-30-32-14-22-47-41(26-32)42-27-33(31-52)15-23-48(42)55(47)38-20-18-37(19-21-38)54-46-13-7-5-11-40(46)44-29-35(17-25-50(44)54)34-16-24-49-43(28-34)39-10-4-6-12-45(39)53(49)36-8-2-1-3-9-36/h1-29H. The van der Waals surface area contributed by atoms with Gasteiger partial charge in [-0.25, -0.2) is 0 Å². The predicted octanol–water partition coefficient (Wildman–Crippen LogP) is 12.4. The van der Waals surface area contributed by atoms with Gasteiger partial charge in [-0.3, -0.25) is 0 Å². The summed E-state index contributed by atoms with van der Waals surface area (Å²) in [7, 11) is 0. The first-order valence-corrected chi connectivity index (χ1v) is 18.3. The van der Waals surface area contributed by atoms with Crippen molar-refractivity contribution in [2.75, 3.05) is 0 Å². The molecule has 0 saturated heterocycles. The van der Waals surface area contributed by atoms with Crippen molar-refractivity contribution in [1.29, 1.82) is 10.5 Å². The fourth-order valence-electron chi connectivity index (χ4n) is 8.63. The van der Waals surface area contributed by atoms with E-state index < -0.39 is 0 Å². The lowest BCUT2D eigenvalue weighted by atomic mass is 10.0. The van der Waals surface area contributed by atoms with Crippen molar-refractivity contribution in [3.63, 3.8) is 0 Å². The Labute approximate surface area is 316 Å². The Morgan fingerprint density at radius 2 is 0.636 bits per heavy atom. The van der Waals surface area contributed by atoms with Gasteiger partial charge in [0.05, 0.1) is 56.4 Å². The average Bonchev–Trinajstić information content (AvgIpc) is 3.88. The molecule has 254 valence electrons. The molecule has 11 aromatic rings. The van der Waals surface area contributed by atoms with Gasteiger partial charge in [-0.05, 0) is 120 Å². The summed E-state index contributed by atoms with van der Waals surface area (Å²) in [6, 6.07) is 66.3. The Hall–Kier alpha value is -7.86. The summed E-state index contributed by atoms with van der Waals surface area (Å²) in [5.74, 6) is 0. The zero-order valence-electron chi connectivity index (χ0n) is 29.5. The molecular weight excluding hydrogens is 671 g/mol. The van der Waals surface area contributed by atoms with Crippen molar-refractivity contribution in [1.82, 2.24) is 13.7 Å². The van der Waals surface area contributed by atoms with Crippen molar-refractivity contribution in [3.8, 4) is 40.3 Å². The lowest BCUT2D eigenvalue weighted by Gasteiger charge is -2.12. The molecule has 0 unspecified atom stereocenters. The lowest BCUT2D eigenvalue weighted by Crippen LogP contribution is -1.97. The van der Waals surface area contributed by atoms with Gasteiger partial charge < -0.3 is 13.7 Å². The molecule has 0 aliphatic carbocycles. The number of hydrogen-bond donors (Lipinski definition) is 0. The molecule has 55 heavy (non-hydrogen) atoms. The van der Waals surface area contributed by atoms with E-state index in [1.807, 2.05) is 36.4 Å². The van der Waals surface area contributed by atoms with Crippen LogP contribution in [0.25, 0.3) is 93.6 Å². The van der Waals surface area contributed by atoms with Crippen molar-refractivity contribution >= 4 is 65.4 Å². The molecule has 0 saturated carbocycles. The van der Waals surface area contributed by atoms with Gasteiger partial charge in [-0.2, -0.15) is 10.5 Å². The molecule has 0 atom stereocenters. The second-order valence-electron chi connectivity index (χ2n) is 14.0. The van der Waals surface area contributed by atoms with Crippen LogP contribution in [0.1, 0.15) is 11.1 Å². The highest BCUT2D eigenvalue weighted by Crippen LogP contribution is 2.39. The first kappa shape index (κ1) is 30.7. The summed E-state index contributed by atoms with van der Waals surface area (Å²) in [6.07, 6.45) is 0. The first-order chi connectivity index (χ1) is 27.2. The summed E-state index contributed by atoms with van der Waals surface area (Å²) in [4.78, 5) is 0. The summed E-state index contributed by atoms with van der Waals surface area (Å²) >= 11 is 0. The summed E-state index contributed by atoms with van der Waals surface area (Å²) < 4.78 is 6.91. The Kier molecular flexibility index (Phi) is 6.61. The van der Waals surface area contributed by atoms with E-state index in [-0.39, 0.29) is 0 Å². The zero-order valence-corrected chi connectivity index (χ0v) is 29.5. The average molecular weight is 700 g/mol. The van der Waals surface area contributed by atoms with Crippen LogP contribution in [0, 0.1) is 22.7 Å². The van der Waals surface area contributed by atoms with Crippen LogP contribution in [0.15, 0.2) is 176 Å². The number of hydrogen-bond acceptors (Lipinski definition) is 2. The van der Waals surface area contributed by atoms with Gasteiger partial charge in [0.25, 0.3) is 0 Å². The molecule has 0 radical (unpaired) electrons. The minimum absolute atomic E-state index is 0.593. The normalized spacial score (nSPS) is 11.6. The summed E-state index contributed by atoms with van der Waals surface area (Å²) in [5.41, 5.74) is 13.4. The van der Waals surface area contributed by atoms with Crippen LogP contribution in [-0.2, 0) is 0 Å². The van der Waals surface area contributed by atoms with E-state index in [2.05, 4.69) is 165 Å². The third-order valence-electron chi connectivity index (χ3n) is 11.1. The van der Waals surface area contributed by atoms with Crippen LogP contribution in [-0.4, -0.2) is 13.7 Å². The molecule has 0 amide bonds. The van der Waals surface area contributed by atoms with E-state index in [9.17, 15) is 10.5 Å². The Bertz CT molecular complexity index is 3370. The van der Waals surface area contributed by atoms with E-state index in [4.69, 9.17) is 0 Å². The third kappa shape index (κ3) is 4.58. The molecule has 11 rings (SSSR count). The van der Waals surface area contributed by atoms with Gasteiger partial charge >= 0.3 is 0 Å². The van der Waals surface area contributed by atoms with Gasteiger partial charge in [0.1, 0.15) is 0 Å². The van der Waals surface area contributed by atoms with Crippen LogP contribution < -0.4 is 0 Å². The molecule has 5 heteroatoms. The third-order valence-corrected chi connectivity index (χ3v) is 11.1. The number of nitrogens with zero attached hydrogens (tertiary/aromatic N) is 5. The van der Waals surface area contributed by atoms with Gasteiger partial charge in [-0.1, -0.05) is 66.7 Å². The maximum absolute atomic E-state index is 9.64. The Balaban J connectivity index is 1.04. The van der Waals surface area contributed by atoms with Crippen LogP contribution in [0.3, 0.4) is 0 Å². The van der Waals surface area contributed by atoms with Crippen LogP contribution >= 0.6 is 0 Å².